The quantitative estimate of drug-likeness (QED) is 0.871. The number of benzene rings is 1. The van der Waals surface area contributed by atoms with Crippen LogP contribution in [0.1, 0.15) is 25.3 Å². The predicted octanol–water partition coefficient (Wildman–Crippen LogP) is 2.15. The fraction of sp³-hybridized carbons (Fsp3) is 0.571. The van der Waals surface area contributed by atoms with Crippen LogP contribution >= 0.6 is 0 Å². The maximum Gasteiger partial charge on any atom is 0.0825 e. The molecule has 1 fully saturated rings. The second kappa shape index (κ2) is 5.07. The number of para-hydroxylation sites is 1. The van der Waals surface area contributed by atoms with Gasteiger partial charge in [0, 0.05) is 32.4 Å². The third-order valence-corrected chi connectivity index (χ3v) is 3.70. The van der Waals surface area contributed by atoms with Crippen molar-refractivity contribution in [2.45, 2.75) is 31.9 Å². The van der Waals surface area contributed by atoms with Crippen LogP contribution in [0, 0.1) is 0 Å². The van der Waals surface area contributed by atoms with Crippen molar-refractivity contribution >= 4 is 5.69 Å². The molecular weight excluding hydrogens is 212 g/mol. The van der Waals surface area contributed by atoms with Crippen LogP contribution in [-0.2, 0) is 11.3 Å². The van der Waals surface area contributed by atoms with E-state index in [1.54, 1.807) is 7.11 Å². The molecule has 0 radical (unpaired) electrons. The molecule has 1 aromatic rings. The third-order valence-electron chi connectivity index (χ3n) is 3.70. The lowest BCUT2D eigenvalue weighted by molar-refractivity contribution is -0.00468. The summed E-state index contributed by atoms with van der Waals surface area (Å²) in [6, 6.07) is 8.38. The van der Waals surface area contributed by atoms with E-state index in [2.05, 4.69) is 30.0 Å². The molecule has 1 saturated heterocycles. The van der Waals surface area contributed by atoms with Crippen LogP contribution < -0.4 is 10.6 Å². The molecule has 0 spiro atoms. The Kier molecular flexibility index (Phi) is 3.69. The zero-order valence-corrected chi connectivity index (χ0v) is 10.8. The van der Waals surface area contributed by atoms with Crippen LogP contribution in [0.2, 0.25) is 0 Å². The van der Waals surface area contributed by atoms with E-state index >= 15 is 0 Å². The molecule has 0 aliphatic carbocycles. The average Bonchev–Trinajstić information content (AvgIpc) is 2.39. The molecule has 0 saturated carbocycles. The molecular formula is C14H22N2O. The van der Waals surface area contributed by atoms with Gasteiger partial charge in [-0.25, -0.2) is 0 Å². The topological polar surface area (TPSA) is 38.5 Å². The van der Waals surface area contributed by atoms with Crippen molar-refractivity contribution in [3.8, 4) is 0 Å². The van der Waals surface area contributed by atoms with Crippen LogP contribution in [0.15, 0.2) is 24.3 Å². The summed E-state index contributed by atoms with van der Waals surface area (Å²) >= 11 is 0. The van der Waals surface area contributed by atoms with Gasteiger partial charge in [0.2, 0.25) is 0 Å². The Hall–Kier alpha value is -1.06. The Morgan fingerprint density at radius 2 is 2.18 bits per heavy atom. The Morgan fingerprint density at radius 1 is 1.41 bits per heavy atom. The Morgan fingerprint density at radius 3 is 2.88 bits per heavy atom. The van der Waals surface area contributed by atoms with Crippen molar-refractivity contribution in [1.82, 2.24) is 0 Å². The number of methoxy groups -OCH3 is 1. The number of hydrogen-bond acceptors (Lipinski definition) is 3. The molecule has 17 heavy (non-hydrogen) atoms. The first-order chi connectivity index (χ1) is 8.18. The fourth-order valence-electron chi connectivity index (χ4n) is 2.57. The van der Waals surface area contributed by atoms with Crippen LogP contribution in [0.4, 0.5) is 5.69 Å². The number of piperidine rings is 1. The van der Waals surface area contributed by atoms with Gasteiger partial charge in [-0.2, -0.15) is 0 Å². The standard InChI is InChI=1S/C14H22N2O/c1-14(17-2)8-5-9-16(11-14)13-7-4-3-6-12(13)10-15/h3-4,6-7H,5,8-11,15H2,1-2H3. The first-order valence-electron chi connectivity index (χ1n) is 6.26. The molecule has 94 valence electrons. The number of hydrogen-bond donors (Lipinski definition) is 1. The van der Waals surface area contributed by atoms with Crippen molar-refractivity contribution < 1.29 is 4.74 Å². The van der Waals surface area contributed by atoms with E-state index in [-0.39, 0.29) is 5.60 Å². The molecule has 3 nitrogen and oxygen atoms in total. The molecule has 2 N–H and O–H groups in total. The summed E-state index contributed by atoms with van der Waals surface area (Å²) in [5.41, 5.74) is 8.25. The van der Waals surface area contributed by atoms with Crippen molar-refractivity contribution in [2.24, 2.45) is 5.73 Å². The molecule has 1 unspecified atom stereocenters. The molecule has 2 rings (SSSR count). The molecule has 0 bridgehead atoms. The first kappa shape index (κ1) is 12.4. The molecule has 1 aromatic carbocycles. The summed E-state index contributed by atoms with van der Waals surface area (Å²) in [7, 11) is 1.80. The normalized spacial score (nSPS) is 25.0. The summed E-state index contributed by atoms with van der Waals surface area (Å²) in [6.45, 7) is 4.82. The van der Waals surface area contributed by atoms with Crippen LogP contribution in [0.5, 0.6) is 0 Å². The minimum atomic E-state index is -0.0278. The fourth-order valence-corrected chi connectivity index (χ4v) is 2.57. The van der Waals surface area contributed by atoms with Crippen LogP contribution in [-0.4, -0.2) is 25.8 Å². The number of anilines is 1. The number of nitrogens with zero attached hydrogens (tertiary/aromatic N) is 1. The highest BCUT2D eigenvalue weighted by molar-refractivity contribution is 5.54. The Balaban J connectivity index is 2.22. The minimum Gasteiger partial charge on any atom is -0.377 e. The van der Waals surface area contributed by atoms with Gasteiger partial charge < -0.3 is 15.4 Å². The second-order valence-corrected chi connectivity index (χ2v) is 5.01. The lowest BCUT2D eigenvalue weighted by atomic mass is 9.94. The molecule has 1 aliphatic rings. The number of nitrogens with two attached hydrogens (primary N) is 1. The van der Waals surface area contributed by atoms with E-state index < -0.39 is 0 Å². The van der Waals surface area contributed by atoms with E-state index in [0.717, 1.165) is 19.5 Å². The van der Waals surface area contributed by atoms with Crippen molar-refractivity contribution in [2.75, 3.05) is 25.1 Å². The highest BCUT2D eigenvalue weighted by Gasteiger charge is 2.31. The maximum absolute atomic E-state index is 5.80. The van der Waals surface area contributed by atoms with Crippen molar-refractivity contribution in [1.29, 1.82) is 0 Å². The lowest BCUT2D eigenvalue weighted by Gasteiger charge is -2.41. The van der Waals surface area contributed by atoms with Gasteiger partial charge in [-0.1, -0.05) is 18.2 Å². The molecule has 3 heteroatoms. The first-order valence-corrected chi connectivity index (χ1v) is 6.26. The zero-order valence-electron chi connectivity index (χ0n) is 10.8. The van der Waals surface area contributed by atoms with Gasteiger partial charge in [0.25, 0.3) is 0 Å². The molecule has 1 aliphatic heterocycles. The highest BCUT2D eigenvalue weighted by Crippen LogP contribution is 2.29. The second-order valence-electron chi connectivity index (χ2n) is 5.01. The maximum atomic E-state index is 5.80. The van der Waals surface area contributed by atoms with E-state index in [1.807, 2.05) is 6.07 Å². The van der Waals surface area contributed by atoms with Gasteiger partial charge >= 0.3 is 0 Å². The Bertz CT molecular complexity index is 380. The van der Waals surface area contributed by atoms with E-state index in [4.69, 9.17) is 10.5 Å². The molecule has 1 atom stereocenters. The van der Waals surface area contributed by atoms with E-state index in [0.29, 0.717) is 6.54 Å². The van der Waals surface area contributed by atoms with Gasteiger partial charge in [-0.3, -0.25) is 0 Å². The molecule has 1 heterocycles. The van der Waals surface area contributed by atoms with Gasteiger partial charge in [0.05, 0.1) is 5.60 Å². The summed E-state index contributed by atoms with van der Waals surface area (Å²) in [5.74, 6) is 0. The monoisotopic (exact) mass is 234 g/mol. The van der Waals surface area contributed by atoms with Gasteiger partial charge in [0.15, 0.2) is 0 Å². The van der Waals surface area contributed by atoms with Crippen molar-refractivity contribution in [3.05, 3.63) is 29.8 Å². The van der Waals surface area contributed by atoms with Crippen LogP contribution in [0.25, 0.3) is 0 Å². The number of ether oxygens (including phenoxy) is 1. The Labute approximate surface area is 104 Å². The smallest absolute Gasteiger partial charge is 0.0825 e. The number of rotatable bonds is 3. The van der Waals surface area contributed by atoms with Gasteiger partial charge in [-0.05, 0) is 31.4 Å². The summed E-state index contributed by atoms with van der Waals surface area (Å²) < 4.78 is 5.63. The summed E-state index contributed by atoms with van der Waals surface area (Å²) in [6.07, 6.45) is 2.30. The zero-order chi connectivity index (χ0) is 12.3. The largest absolute Gasteiger partial charge is 0.377 e. The lowest BCUT2D eigenvalue weighted by Crippen LogP contribution is -2.47. The predicted molar refractivity (Wildman–Crippen MR) is 71.2 cm³/mol. The SMILES string of the molecule is COC1(C)CCCN(c2ccccc2CN)C1. The highest BCUT2D eigenvalue weighted by atomic mass is 16.5. The average molecular weight is 234 g/mol. The minimum absolute atomic E-state index is 0.0278. The van der Waals surface area contributed by atoms with E-state index in [1.165, 1.54) is 17.7 Å². The molecule has 0 amide bonds. The van der Waals surface area contributed by atoms with Crippen molar-refractivity contribution in [3.63, 3.8) is 0 Å². The van der Waals surface area contributed by atoms with Crippen LogP contribution in [0.3, 0.4) is 0 Å². The third kappa shape index (κ3) is 2.61. The summed E-state index contributed by atoms with van der Waals surface area (Å²) in [5, 5.41) is 0. The van der Waals surface area contributed by atoms with Gasteiger partial charge in [-0.15, -0.1) is 0 Å². The van der Waals surface area contributed by atoms with Gasteiger partial charge in [0.1, 0.15) is 0 Å². The van der Waals surface area contributed by atoms with E-state index in [9.17, 15) is 0 Å². The molecule has 0 aromatic heterocycles. The summed E-state index contributed by atoms with van der Waals surface area (Å²) in [4.78, 5) is 2.40.